The molecule has 0 aliphatic rings. The zero-order valence-electron chi connectivity index (χ0n) is 14.0. The first-order valence-corrected chi connectivity index (χ1v) is 9.22. The standard InChI is InChI=1S/C19H17ClN2O3S/c1-12-6-7-13(10-15(12)20)22-19(24)18(23)21-11-14(16-4-2-8-25-16)17-5-3-9-26-17/h2-10,14H,11H2,1H3,(H,21,23)(H,22,24). The Morgan fingerprint density at radius 1 is 1.19 bits per heavy atom. The molecule has 0 fully saturated rings. The number of thiophene rings is 1. The Balaban J connectivity index is 1.63. The van der Waals surface area contributed by atoms with E-state index >= 15 is 0 Å². The Kier molecular flexibility index (Phi) is 5.75. The van der Waals surface area contributed by atoms with Gasteiger partial charge < -0.3 is 15.1 Å². The number of anilines is 1. The third-order valence-corrected chi connectivity index (χ3v) is 5.27. The van der Waals surface area contributed by atoms with Crippen LogP contribution in [0.15, 0.2) is 58.5 Å². The average Bonchev–Trinajstić information content (AvgIpc) is 3.32. The van der Waals surface area contributed by atoms with Gasteiger partial charge >= 0.3 is 11.8 Å². The number of carbonyl (C=O) groups excluding carboxylic acids is 2. The van der Waals surface area contributed by atoms with E-state index in [1.165, 1.54) is 0 Å². The van der Waals surface area contributed by atoms with Crippen molar-refractivity contribution in [2.24, 2.45) is 0 Å². The smallest absolute Gasteiger partial charge is 0.313 e. The van der Waals surface area contributed by atoms with Crippen molar-refractivity contribution in [3.63, 3.8) is 0 Å². The van der Waals surface area contributed by atoms with Crippen LogP contribution in [0, 0.1) is 6.92 Å². The fourth-order valence-corrected chi connectivity index (χ4v) is 3.47. The molecule has 0 aliphatic heterocycles. The molecule has 26 heavy (non-hydrogen) atoms. The number of hydrogen-bond donors (Lipinski definition) is 2. The van der Waals surface area contributed by atoms with Crippen LogP contribution in [0.4, 0.5) is 5.69 Å². The molecule has 0 radical (unpaired) electrons. The molecule has 0 aliphatic carbocycles. The van der Waals surface area contributed by atoms with Gasteiger partial charge in [0, 0.05) is 22.1 Å². The molecule has 0 bridgehead atoms. The van der Waals surface area contributed by atoms with Crippen molar-refractivity contribution in [2.75, 3.05) is 11.9 Å². The molecule has 134 valence electrons. The van der Waals surface area contributed by atoms with E-state index in [0.29, 0.717) is 10.7 Å². The van der Waals surface area contributed by atoms with Crippen molar-refractivity contribution in [1.29, 1.82) is 0 Å². The molecule has 2 aromatic heterocycles. The van der Waals surface area contributed by atoms with E-state index in [2.05, 4.69) is 10.6 Å². The van der Waals surface area contributed by atoms with E-state index in [1.54, 1.807) is 41.9 Å². The van der Waals surface area contributed by atoms with Gasteiger partial charge in [-0.1, -0.05) is 23.7 Å². The van der Waals surface area contributed by atoms with Gasteiger partial charge in [0.25, 0.3) is 0 Å². The Morgan fingerprint density at radius 2 is 2.04 bits per heavy atom. The second kappa shape index (κ2) is 8.21. The molecule has 0 spiro atoms. The number of rotatable bonds is 5. The lowest BCUT2D eigenvalue weighted by Crippen LogP contribution is -2.37. The summed E-state index contributed by atoms with van der Waals surface area (Å²) in [6.07, 6.45) is 1.59. The molecule has 0 saturated carbocycles. The lowest BCUT2D eigenvalue weighted by molar-refractivity contribution is -0.136. The molecule has 3 aromatic rings. The summed E-state index contributed by atoms with van der Waals surface area (Å²) in [6, 6.07) is 12.6. The second-order valence-electron chi connectivity index (χ2n) is 5.71. The summed E-state index contributed by atoms with van der Waals surface area (Å²) >= 11 is 7.60. The molecule has 0 saturated heterocycles. The topological polar surface area (TPSA) is 71.3 Å². The highest BCUT2D eigenvalue weighted by molar-refractivity contribution is 7.10. The third kappa shape index (κ3) is 4.33. The zero-order valence-corrected chi connectivity index (χ0v) is 15.6. The van der Waals surface area contributed by atoms with Gasteiger partial charge in [0.05, 0.1) is 12.2 Å². The Hall–Kier alpha value is -2.57. The molecule has 3 rings (SSSR count). The van der Waals surface area contributed by atoms with E-state index in [1.807, 2.05) is 30.5 Å². The summed E-state index contributed by atoms with van der Waals surface area (Å²) in [7, 11) is 0. The minimum absolute atomic E-state index is 0.143. The Labute approximate surface area is 160 Å². The molecule has 2 N–H and O–H groups in total. The van der Waals surface area contributed by atoms with Crippen LogP contribution in [0.5, 0.6) is 0 Å². The predicted octanol–water partition coefficient (Wildman–Crippen LogP) is 4.19. The van der Waals surface area contributed by atoms with Crippen molar-refractivity contribution >= 4 is 40.4 Å². The number of aryl methyl sites for hydroxylation is 1. The SMILES string of the molecule is Cc1ccc(NC(=O)C(=O)NCC(c2ccco2)c2cccs2)cc1Cl. The highest BCUT2D eigenvalue weighted by Crippen LogP contribution is 2.28. The average molecular weight is 389 g/mol. The van der Waals surface area contributed by atoms with Gasteiger partial charge in [0.2, 0.25) is 0 Å². The summed E-state index contributed by atoms with van der Waals surface area (Å²) < 4.78 is 5.47. The van der Waals surface area contributed by atoms with Gasteiger partial charge in [-0.25, -0.2) is 0 Å². The summed E-state index contributed by atoms with van der Waals surface area (Å²) in [4.78, 5) is 25.3. The van der Waals surface area contributed by atoms with Crippen molar-refractivity contribution in [3.8, 4) is 0 Å². The summed E-state index contributed by atoms with van der Waals surface area (Å²) in [6.45, 7) is 2.12. The van der Waals surface area contributed by atoms with Gasteiger partial charge in [-0.3, -0.25) is 9.59 Å². The van der Waals surface area contributed by atoms with Crippen molar-refractivity contribution < 1.29 is 14.0 Å². The Morgan fingerprint density at radius 3 is 2.69 bits per heavy atom. The number of nitrogens with one attached hydrogen (secondary N) is 2. The molecular weight excluding hydrogens is 372 g/mol. The molecule has 1 unspecified atom stereocenters. The second-order valence-corrected chi connectivity index (χ2v) is 7.10. The summed E-state index contributed by atoms with van der Waals surface area (Å²) in [5.74, 6) is -0.863. The van der Waals surface area contributed by atoms with Gasteiger partial charge in [0.15, 0.2) is 0 Å². The largest absolute Gasteiger partial charge is 0.469 e. The van der Waals surface area contributed by atoms with Gasteiger partial charge in [-0.15, -0.1) is 11.3 Å². The minimum atomic E-state index is -0.741. The number of hydrogen-bond acceptors (Lipinski definition) is 4. The minimum Gasteiger partial charge on any atom is -0.469 e. The first kappa shape index (κ1) is 18.2. The van der Waals surface area contributed by atoms with E-state index in [-0.39, 0.29) is 12.5 Å². The van der Waals surface area contributed by atoms with Crippen molar-refractivity contribution in [1.82, 2.24) is 5.32 Å². The maximum Gasteiger partial charge on any atom is 0.313 e. The van der Waals surface area contributed by atoms with Crippen LogP contribution in [0.1, 0.15) is 22.1 Å². The number of benzene rings is 1. The fraction of sp³-hybridized carbons (Fsp3) is 0.158. The van der Waals surface area contributed by atoms with Crippen LogP contribution in [0.3, 0.4) is 0 Å². The van der Waals surface area contributed by atoms with Crippen molar-refractivity contribution in [3.05, 3.63) is 75.3 Å². The van der Waals surface area contributed by atoms with E-state index in [4.69, 9.17) is 16.0 Å². The number of amides is 2. The van der Waals surface area contributed by atoms with E-state index in [0.717, 1.165) is 16.2 Å². The summed E-state index contributed by atoms with van der Waals surface area (Å²) in [5.41, 5.74) is 1.37. The third-order valence-electron chi connectivity index (χ3n) is 3.88. The highest BCUT2D eigenvalue weighted by atomic mass is 35.5. The number of carbonyl (C=O) groups is 2. The van der Waals surface area contributed by atoms with Crippen LogP contribution in [-0.4, -0.2) is 18.4 Å². The van der Waals surface area contributed by atoms with Crippen LogP contribution in [0.2, 0.25) is 5.02 Å². The molecule has 1 aromatic carbocycles. The van der Waals surface area contributed by atoms with Gasteiger partial charge in [-0.2, -0.15) is 0 Å². The molecule has 2 amide bonds. The van der Waals surface area contributed by atoms with Crippen LogP contribution < -0.4 is 10.6 Å². The fourth-order valence-electron chi connectivity index (χ4n) is 2.45. The number of halogens is 1. The normalized spacial score (nSPS) is 11.8. The first-order valence-electron chi connectivity index (χ1n) is 7.96. The van der Waals surface area contributed by atoms with E-state index < -0.39 is 11.8 Å². The highest BCUT2D eigenvalue weighted by Gasteiger charge is 2.21. The van der Waals surface area contributed by atoms with Gasteiger partial charge in [0.1, 0.15) is 5.76 Å². The van der Waals surface area contributed by atoms with E-state index in [9.17, 15) is 9.59 Å². The molecule has 1 atom stereocenters. The van der Waals surface area contributed by atoms with Crippen LogP contribution >= 0.6 is 22.9 Å². The van der Waals surface area contributed by atoms with Crippen LogP contribution in [0.25, 0.3) is 0 Å². The first-order chi connectivity index (χ1) is 12.5. The number of furan rings is 1. The maximum atomic E-state index is 12.2. The summed E-state index contributed by atoms with van der Waals surface area (Å²) in [5, 5.41) is 7.70. The Bertz CT molecular complexity index is 857. The lowest BCUT2D eigenvalue weighted by Gasteiger charge is -2.14. The zero-order chi connectivity index (χ0) is 18.5. The maximum absolute atomic E-state index is 12.2. The molecule has 7 heteroatoms. The monoisotopic (exact) mass is 388 g/mol. The molecule has 2 heterocycles. The molecule has 5 nitrogen and oxygen atoms in total. The van der Waals surface area contributed by atoms with Crippen molar-refractivity contribution in [2.45, 2.75) is 12.8 Å². The quantitative estimate of drug-likeness (QED) is 0.644. The van der Waals surface area contributed by atoms with Crippen LogP contribution in [-0.2, 0) is 9.59 Å². The van der Waals surface area contributed by atoms with Gasteiger partial charge in [-0.05, 0) is 48.2 Å². The predicted molar refractivity (Wildman–Crippen MR) is 103 cm³/mol. The molecular formula is C19H17ClN2O3S. The lowest BCUT2D eigenvalue weighted by atomic mass is 10.0.